The Labute approximate surface area is 84.4 Å². The minimum Gasteiger partial charge on any atom is -0.311 e. The first-order valence-corrected chi connectivity index (χ1v) is 6.73. The van der Waals surface area contributed by atoms with Crippen molar-refractivity contribution < 1.29 is 0 Å². The summed E-state index contributed by atoms with van der Waals surface area (Å²) in [6.07, 6.45) is 0. The van der Waals surface area contributed by atoms with Gasteiger partial charge in [0.2, 0.25) is 0 Å². The molecule has 12 heavy (non-hydrogen) atoms. The number of thioether (sulfide) groups is 2. The van der Waals surface area contributed by atoms with Gasteiger partial charge in [-0.15, -0.1) is 0 Å². The molecule has 1 aliphatic heterocycles. The van der Waals surface area contributed by atoms with Crippen LogP contribution in [0.1, 0.15) is 20.8 Å². The fourth-order valence-electron chi connectivity index (χ4n) is 1.07. The van der Waals surface area contributed by atoms with Crippen molar-refractivity contribution in [2.45, 2.75) is 31.6 Å². The van der Waals surface area contributed by atoms with Crippen LogP contribution in [0.4, 0.5) is 0 Å². The Morgan fingerprint density at radius 3 is 2.58 bits per heavy atom. The second-order valence-electron chi connectivity index (χ2n) is 4.20. The van der Waals surface area contributed by atoms with Gasteiger partial charge in [-0.3, -0.25) is 0 Å². The maximum atomic E-state index is 3.56. The second-order valence-corrected chi connectivity index (χ2v) is 6.76. The summed E-state index contributed by atoms with van der Waals surface area (Å²) in [5, 5.41) is 4.39. The first-order valence-electron chi connectivity index (χ1n) is 4.52. The molecule has 1 heterocycles. The van der Waals surface area contributed by atoms with E-state index in [9.17, 15) is 0 Å². The molecule has 0 bridgehead atoms. The predicted molar refractivity (Wildman–Crippen MR) is 61.3 cm³/mol. The minimum atomic E-state index is 0.280. The SMILES string of the molecule is CC(C)(C)NCC1CSCCS1. The van der Waals surface area contributed by atoms with Gasteiger partial charge in [-0.25, -0.2) is 0 Å². The molecule has 0 spiro atoms. The van der Waals surface area contributed by atoms with E-state index in [-0.39, 0.29) is 5.54 Å². The van der Waals surface area contributed by atoms with Gasteiger partial charge in [0.1, 0.15) is 0 Å². The Balaban J connectivity index is 2.13. The zero-order valence-electron chi connectivity index (χ0n) is 8.22. The van der Waals surface area contributed by atoms with Crippen LogP contribution in [0.25, 0.3) is 0 Å². The standard InChI is InChI=1S/C9H19NS2/c1-9(2,3)10-6-8-7-11-4-5-12-8/h8,10H,4-7H2,1-3H3. The van der Waals surface area contributed by atoms with Gasteiger partial charge in [-0.05, 0) is 20.8 Å². The summed E-state index contributed by atoms with van der Waals surface area (Å²) >= 11 is 4.21. The lowest BCUT2D eigenvalue weighted by Gasteiger charge is -2.26. The van der Waals surface area contributed by atoms with E-state index in [4.69, 9.17) is 0 Å². The van der Waals surface area contributed by atoms with Gasteiger partial charge in [0.15, 0.2) is 0 Å². The van der Waals surface area contributed by atoms with Crippen LogP contribution >= 0.6 is 23.5 Å². The highest BCUT2D eigenvalue weighted by molar-refractivity contribution is 8.06. The quantitative estimate of drug-likeness (QED) is 0.742. The molecule has 1 saturated heterocycles. The molecule has 0 aromatic heterocycles. The van der Waals surface area contributed by atoms with Crippen molar-refractivity contribution in [2.75, 3.05) is 23.8 Å². The van der Waals surface area contributed by atoms with E-state index >= 15 is 0 Å². The monoisotopic (exact) mass is 205 g/mol. The molecule has 0 aromatic rings. The molecule has 1 atom stereocenters. The number of hydrogen-bond donors (Lipinski definition) is 1. The van der Waals surface area contributed by atoms with E-state index in [0.717, 1.165) is 5.25 Å². The van der Waals surface area contributed by atoms with Crippen LogP contribution in [-0.4, -0.2) is 34.6 Å². The molecule has 0 amide bonds. The van der Waals surface area contributed by atoms with Crippen LogP contribution in [0.3, 0.4) is 0 Å². The zero-order valence-corrected chi connectivity index (χ0v) is 9.86. The fourth-order valence-corrected chi connectivity index (χ4v) is 3.69. The Morgan fingerprint density at radius 1 is 1.33 bits per heavy atom. The molecular weight excluding hydrogens is 186 g/mol. The Morgan fingerprint density at radius 2 is 2.08 bits per heavy atom. The van der Waals surface area contributed by atoms with E-state index in [1.165, 1.54) is 23.8 Å². The normalized spacial score (nSPS) is 25.8. The molecule has 1 unspecified atom stereocenters. The predicted octanol–water partition coefficient (Wildman–Crippen LogP) is 2.22. The van der Waals surface area contributed by atoms with Crippen LogP contribution in [-0.2, 0) is 0 Å². The maximum absolute atomic E-state index is 3.56. The lowest BCUT2D eigenvalue weighted by atomic mass is 10.1. The third-order valence-electron chi connectivity index (χ3n) is 1.75. The molecule has 1 nitrogen and oxygen atoms in total. The molecule has 1 rings (SSSR count). The van der Waals surface area contributed by atoms with E-state index in [0.29, 0.717) is 0 Å². The molecule has 3 heteroatoms. The fraction of sp³-hybridized carbons (Fsp3) is 1.00. The highest BCUT2D eigenvalue weighted by Crippen LogP contribution is 2.23. The molecule has 0 radical (unpaired) electrons. The van der Waals surface area contributed by atoms with Crippen LogP contribution in [0, 0.1) is 0 Å². The number of hydrogen-bond acceptors (Lipinski definition) is 3. The second kappa shape index (κ2) is 4.77. The smallest absolute Gasteiger partial charge is 0.0263 e. The molecule has 1 fully saturated rings. The van der Waals surface area contributed by atoms with Crippen molar-refractivity contribution in [3.8, 4) is 0 Å². The van der Waals surface area contributed by atoms with Crippen molar-refractivity contribution >= 4 is 23.5 Å². The van der Waals surface area contributed by atoms with Gasteiger partial charge in [0.25, 0.3) is 0 Å². The van der Waals surface area contributed by atoms with Crippen molar-refractivity contribution in [1.82, 2.24) is 5.32 Å². The molecular formula is C9H19NS2. The summed E-state index contributed by atoms with van der Waals surface area (Å²) in [6, 6.07) is 0. The summed E-state index contributed by atoms with van der Waals surface area (Å²) < 4.78 is 0. The first-order chi connectivity index (χ1) is 5.58. The largest absolute Gasteiger partial charge is 0.311 e. The molecule has 1 aliphatic rings. The Hall–Kier alpha value is 0.660. The van der Waals surface area contributed by atoms with Crippen molar-refractivity contribution in [3.05, 3.63) is 0 Å². The highest BCUT2D eigenvalue weighted by Gasteiger charge is 2.16. The zero-order chi connectivity index (χ0) is 9.03. The topological polar surface area (TPSA) is 12.0 Å². The highest BCUT2D eigenvalue weighted by atomic mass is 32.2. The number of rotatable bonds is 2. The lowest BCUT2D eigenvalue weighted by Crippen LogP contribution is -2.41. The Kier molecular flexibility index (Phi) is 4.27. The Bertz CT molecular complexity index is 125. The van der Waals surface area contributed by atoms with Gasteiger partial charge >= 0.3 is 0 Å². The summed E-state index contributed by atoms with van der Waals surface area (Å²) in [7, 11) is 0. The van der Waals surface area contributed by atoms with Crippen LogP contribution < -0.4 is 5.32 Å². The van der Waals surface area contributed by atoms with Gasteiger partial charge < -0.3 is 5.32 Å². The molecule has 0 aromatic carbocycles. The average molecular weight is 205 g/mol. The summed E-state index contributed by atoms with van der Waals surface area (Å²) in [5.41, 5.74) is 0.280. The van der Waals surface area contributed by atoms with Gasteiger partial charge in [-0.2, -0.15) is 23.5 Å². The van der Waals surface area contributed by atoms with Crippen LogP contribution in [0.5, 0.6) is 0 Å². The minimum absolute atomic E-state index is 0.280. The molecule has 1 N–H and O–H groups in total. The van der Waals surface area contributed by atoms with Crippen molar-refractivity contribution in [3.63, 3.8) is 0 Å². The lowest BCUT2D eigenvalue weighted by molar-refractivity contribution is 0.430. The van der Waals surface area contributed by atoms with Gasteiger partial charge in [-0.1, -0.05) is 0 Å². The van der Waals surface area contributed by atoms with Gasteiger partial charge in [0.05, 0.1) is 0 Å². The van der Waals surface area contributed by atoms with E-state index in [1.54, 1.807) is 0 Å². The maximum Gasteiger partial charge on any atom is 0.0263 e. The van der Waals surface area contributed by atoms with E-state index in [1.807, 2.05) is 0 Å². The number of nitrogens with one attached hydrogen (secondary N) is 1. The van der Waals surface area contributed by atoms with E-state index < -0.39 is 0 Å². The summed E-state index contributed by atoms with van der Waals surface area (Å²) in [5.74, 6) is 4.01. The van der Waals surface area contributed by atoms with Crippen molar-refractivity contribution in [2.24, 2.45) is 0 Å². The van der Waals surface area contributed by atoms with E-state index in [2.05, 4.69) is 49.6 Å². The van der Waals surface area contributed by atoms with Crippen LogP contribution in [0.2, 0.25) is 0 Å². The molecule has 72 valence electrons. The summed E-state index contributed by atoms with van der Waals surface area (Å²) in [4.78, 5) is 0. The van der Waals surface area contributed by atoms with Crippen molar-refractivity contribution in [1.29, 1.82) is 0 Å². The third-order valence-corrected chi connectivity index (χ3v) is 4.59. The van der Waals surface area contributed by atoms with Crippen LogP contribution in [0.15, 0.2) is 0 Å². The molecule has 0 aliphatic carbocycles. The molecule has 0 saturated carbocycles. The van der Waals surface area contributed by atoms with Gasteiger partial charge in [0, 0.05) is 34.6 Å². The first kappa shape index (κ1) is 10.7. The third kappa shape index (κ3) is 4.63. The summed E-state index contributed by atoms with van der Waals surface area (Å²) in [6.45, 7) is 7.86. The average Bonchev–Trinajstić information content (AvgIpc) is 2.02.